The fraction of sp³-hybridized carbons (Fsp3) is 0.579. The van der Waals surface area contributed by atoms with Crippen molar-refractivity contribution < 1.29 is 14.7 Å². The fourth-order valence-electron chi connectivity index (χ4n) is 3.79. The van der Waals surface area contributed by atoms with Crippen LogP contribution in [0.1, 0.15) is 49.7 Å². The Labute approximate surface area is 143 Å². The van der Waals surface area contributed by atoms with Crippen molar-refractivity contribution in [3.8, 4) is 0 Å². The number of aryl methyl sites for hydroxylation is 1. The Kier molecular flexibility index (Phi) is 4.90. The first-order valence-corrected chi connectivity index (χ1v) is 8.83. The number of hydrogen-bond donors (Lipinski definition) is 2. The molecule has 3 rings (SSSR count). The lowest BCUT2D eigenvalue weighted by Crippen LogP contribution is -2.41. The number of likely N-dealkylation sites (N-methyl/N-ethyl adjacent to an activating group) is 1. The lowest BCUT2D eigenvalue weighted by atomic mass is 10.0. The van der Waals surface area contributed by atoms with E-state index < -0.39 is 5.60 Å². The molecular weight excluding hydrogens is 304 g/mol. The van der Waals surface area contributed by atoms with Crippen LogP contribution < -0.4 is 5.32 Å². The third-order valence-electron chi connectivity index (χ3n) is 5.14. The molecule has 1 aliphatic heterocycles. The van der Waals surface area contributed by atoms with Gasteiger partial charge in [0.2, 0.25) is 11.8 Å². The molecule has 0 atom stereocenters. The van der Waals surface area contributed by atoms with Crippen LogP contribution in [0.2, 0.25) is 0 Å². The first kappa shape index (κ1) is 17.0. The molecule has 1 aromatic carbocycles. The van der Waals surface area contributed by atoms with E-state index in [-0.39, 0.29) is 11.8 Å². The molecular formula is C19H26N2O3. The number of nitrogens with zero attached hydrogens (tertiary/aromatic N) is 1. The van der Waals surface area contributed by atoms with Gasteiger partial charge >= 0.3 is 0 Å². The van der Waals surface area contributed by atoms with Crippen LogP contribution in [-0.4, -0.2) is 41.0 Å². The molecule has 0 unspecified atom stereocenters. The Morgan fingerprint density at radius 3 is 2.83 bits per heavy atom. The second-order valence-electron chi connectivity index (χ2n) is 7.25. The molecule has 0 aromatic heterocycles. The van der Waals surface area contributed by atoms with Gasteiger partial charge in [0.05, 0.1) is 12.0 Å². The Morgan fingerprint density at radius 2 is 2.08 bits per heavy atom. The Balaban J connectivity index is 1.45. The normalized spacial score (nSPS) is 18.3. The van der Waals surface area contributed by atoms with Crippen LogP contribution in [0.4, 0.5) is 5.69 Å². The summed E-state index contributed by atoms with van der Waals surface area (Å²) in [7, 11) is 1.78. The van der Waals surface area contributed by atoms with Gasteiger partial charge < -0.3 is 15.3 Å². The molecule has 0 spiro atoms. The van der Waals surface area contributed by atoms with Gasteiger partial charge in [-0.2, -0.15) is 0 Å². The van der Waals surface area contributed by atoms with Crippen molar-refractivity contribution in [1.82, 2.24) is 4.90 Å². The highest BCUT2D eigenvalue weighted by Gasteiger charge is 2.33. The van der Waals surface area contributed by atoms with Crippen LogP contribution in [0.15, 0.2) is 18.2 Å². The number of anilines is 1. The van der Waals surface area contributed by atoms with Crippen LogP contribution in [-0.2, 0) is 22.4 Å². The SMILES string of the molecule is CN(CC1(O)CCCC1)C(=O)CCCc1ccc2c(c1)CC(=O)N2. The zero-order valence-electron chi connectivity index (χ0n) is 14.3. The molecule has 1 fully saturated rings. The number of rotatable bonds is 6. The minimum atomic E-state index is -0.677. The van der Waals surface area contributed by atoms with Crippen LogP contribution in [0.3, 0.4) is 0 Å². The number of nitrogens with one attached hydrogen (secondary N) is 1. The van der Waals surface area contributed by atoms with Crippen molar-refractivity contribution in [3.05, 3.63) is 29.3 Å². The second kappa shape index (κ2) is 6.93. The summed E-state index contributed by atoms with van der Waals surface area (Å²) in [5.41, 5.74) is 2.44. The monoisotopic (exact) mass is 330 g/mol. The van der Waals surface area contributed by atoms with Crippen LogP contribution in [0.5, 0.6) is 0 Å². The summed E-state index contributed by atoms with van der Waals surface area (Å²) in [5.74, 6) is 0.136. The molecule has 2 N–H and O–H groups in total. The van der Waals surface area contributed by atoms with Gasteiger partial charge in [0.1, 0.15) is 0 Å². The third kappa shape index (κ3) is 3.96. The minimum absolute atomic E-state index is 0.0452. The van der Waals surface area contributed by atoms with Gasteiger partial charge in [0.25, 0.3) is 0 Å². The Morgan fingerprint density at radius 1 is 1.33 bits per heavy atom. The average Bonchev–Trinajstić information content (AvgIpc) is 3.11. The molecule has 2 amide bonds. The number of fused-ring (bicyclic) bond motifs is 1. The van der Waals surface area contributed by atoms with Crippen LogP contribution >= 0.6 is 0 Å². The zero-order valence-corrected chi connectivity index (χ0v) is 14.3. The maximum absolute atomic E-state index is 12.3. The Hall–Kier alpha value is -1.88. The summed E-state index contributed by atoms with van der Waals surface area (Å²) in [4.78, 5) is 25.3. The van der Waals surface area contributed by atoms with Gasteiger partial charge in [0.15, 0.2) is 0 Å². The maximum Gasteiger partial charge on any atom is 0.228 e. The molecule has 0 bridgehead atoms. The molecule has 1 aromatic rings. The summed E-state index contributed by atoms with van der Waals surface area (Å²) in [6.45, 7) is 0.443. The van der Waals surface area contributed by atoms with Gasteiger partial charge in [-0.25, -0.2) is 0 Å². The summed E-state index contributed by atoms with van der Waals surface area (Å²) >= 11 is 0. The largest absolute Gasteiger partial charge is 0.388 e. The number of amides is 2. The number of carbonyl (C=O) groups is 2. The second-order valence-corrected chi connectivity index (χ2v) is 7.25. The van der Waals surface area contributed by atoms with Gasteiger partial charge in [-0.3, -0.25) is 9.59 Å². The lowest BCUT2D eigenvalue weighted by molar-refractivity contribution is -0.133. The molecule has 130 valence electrons. The topological polar surface area (TPSA) is 69.6 Å². The molecule has 1 saturated carbocycles. The van der Waals surface area contributed by atoms with Crippen LogP contribution in [0.25, 0.3) is 0 Å². The van der Waals surface area contributed by atoms with Crippen molar-refractivity contribution in [2.75, 3.05) is 18.9 Å². The van der Waals surface area contributed by atoms with Crippen molar-refractivity contribution in [2.24, 2.45) is 0 Å². The molecule has 0 saturated heterocycles. The van der Waals surface area contributed by atoms with Crippen molar-refractivity contribution in [1.29, 1.82) is 0 Å². The van der Waals surface area contributed by atoms with E-state index in [1.54, 1.807) is 11.9 Å². The molecule has 1 aliphatic carbocycles. The first-order valence-electron chi connectivity index (χ1n) is 8.83. The average molecular weight is 330 g/mol. The van der Waals surface area contributed by atoms with E-state index in [9.17, 15) is 14.7 Å². The third-order valence-corrected chi connectivity index (χ3v) is 5.14. The number of hydrogen-bond acceptors (Lipinski definition) is 3. The van der Waals surface area contributed by atoms with Gasteiger partial charge in [0, 0.05) is 25.7 Å². The Bertz CT molecular complexity index is 635. The van der Waals surface area contributed by atoms with Gasteiger partial charge in [-0.1, -0.05) is 25.0 Å². The van der Waals surface area contributed by atoms with Crippen molar-refractivity contribution in [3.63, 3.8) is 0 Å². The molecule has 0 radical (unpaired) electrons. The zero-order chi connectivity index (χ0) is 17.2. The summed E-state index contributed by atoms with van der Waals surface area (Å²) in [5, 5.41) is 13.2. The molecule has 2 aliphatic rings. The highest BCUT2D eigenvalue weighted by molar-refractivity contribution is 5.99. The number of aliphatic hydroxyl groups is 1. The molecule has 24 heavy (non-hydrogen) atoms. The van der Waals surface area contributed by atoms with Crippen molar-refractivity contribution >= 4 is 17.5 Å². The molecule has 5 nitrogen and oxygen atoms in total. The van der Waals surface area contributed by atoms with E-state index in [2.05, 4.69) is 11.4 Å². The first-order chi connectivity index (χ1) is 11.5. The summed E-state index contributed by atoms with van der Waals surface area (Å²) in [6.07, 6.45) is 6.23. The van der Waals surface area contributed by atoms with Gasteiger partial charge in [-0.15, -0.1) is 0 Å². The summed E-state index contributed by atoms with van der Waals surface area (Å²) < 4.78 is 0. The lowest BCUT2D eigenvalue weighted by Gasteiger charge is -2.28. The predicted octanol–water partition coefficient (Wildman–Crippen LogP) is 2.27. The fourth-order valence-corrected chi connectivity index (χ4v) is 3.79. The van der Waals surface area contributed by atoms with E-state index in [1.165, 1.54) is 0 Å². The standard InChI is InChI=1S/C19H26N2O3/c1-21(13-19(24)9-2-3-10-19)18(23)6-4-5-14-7-8-16-15(11-14)12-17(22)20-16/h7-8,11,24H,2-6,9-10,12-13H2,1H3,(H,20,22). The predicted molar refractivity (Wildman–Crippen MR) is 92.8 cm³/mol. The van der Waals surface area contributed by atoms with Crippen molar-refractivity contribution in [2.45, 2.75) is 57.0 Å². The molecule has 1 heterocycles. The minimum Gasteiger partial charge on any atom is -0.388 e. The summed E-state index contributed by atoms with van der Waals surface area (Å²) in [6, 6.07) is 6.02. The van der Waals surface area contributed by atoms with E-state index in [0.29, 0.717) is 19.4 Å². The number of benzene rings is 1. The van der Waals surface area contributed by atoms with E-state index in [4.69, 9.17) is 0 Å². The van der Waals surface area contributed by atoms with E-state index >= 15 is 0 Å². The smallest absolute Gasteiger partial charge is 0.228 e. The number of carbonyl (C=O) groups excluding carboxylic acids is 2. The van der Waals surface area contributed by atoms with E-state index in [0.717, 1.165) is 55.3 Å². The quantitative estimate of drug-likeness (QED) is 0.840. The highest BCUT2D eigenvalue weighted by atomic mass is 16.3. The molecule has 5 heteroatoms. The highest BCUT2D eigenvalue weighted by Crippen LogP contribution is 2.30. The van der Waals surface area contributed by atoms with E-state index in [1.807, 2.05) is 12.1 Å². The van der Waals surface area contributed by atoms with Gasteiger partial charge in [-0.05, 0) is 42.9 Å². The van der Waals surface area contributed by atoms with Crippen LogP contribution in [0, 0.1) is 0 Å². The maximum atomic E-state index is 12.3.